The molecule has 1 spiro atoms. The van der Waals surface area contributed by atoms with Gasteiger partial charge in [0.1, 0.15) is 5.78 Å². The number of Topliss-reactive ketones (excluding diaryl/α,β-unsaturated/α-hetero) is 1. The van der Waals surface area contributed by atoms with E-state index in [-0.39, 0.29) is 24.2 Å². The Morgan fingerprint density at radius 2 is 1.79 bits per heavy atom. The standard InChI is InChI=1S/C20H19NO3/c22-15-12-16(11-10-14-6-2-1-3-7-14)24-20(13-15)17-8-4-5-9-18(17)21-19(20)23/h1-9,16H,10-13H2,(H,21,23)/t16-,20-/m1/s1. The number of hydrogen-bond donors (Lipinski definition) is 1. The molecule has 0 aromatic heterocycles. The number of carbonyl (C=O) groups excluding carboxylic acids is 2. The quantitative estimate of drug-likeness (QED) is 0.944. The Balaban J connectivity index is 1.57. The highest BCUT2D eigenvalue weighted by Crippen LogP contribution is 2.45. The second-order valence-corrected chi connectivity index (χ2v) is 6.51. The molecule has 0 aliphatic carbocycles. The molecule has 1 amide bonds. The van der Waals surface area contributed by atoms with Crippen LogP contribution in [0.1, 0.15) is 30.4 Å². The Morgan fingerprint density at radius 1 is 1.04 bits per heavy atom. The van der Waals surface area contributed by atoms with Crippen LogP contribution in [-0.4, -0.2) is 17.8 Å². The molecule has 4 nitrogen and oxygen atoms in total. The third-order valence-electron chi connectivity index (χ3n) is 4.84. The van der Waals surface area contributed by atoms with Gasteiger partial charge in [0.05, 0.1) is 6.10 Å². The van der Waals surface area contributed by atoms with Crippen LogP contribution in [0.25, 0.3) is 0 Å². The van der Waals surface area contributed by atoms with Crippen molar-refractivity contribution < 1.29 is 14.3 Å². The van der Waals surface area contributed by atoms with Gasteiger partial charge in [0.25, 0.3) is 5.91 Å². The summed E-state index contributed by atoms with van der Waals surface area (Å²) in [7, 11) is 0. The van der Waals surface area contributed by atoms with Gasteiger partial charge < -0.3 is 10.1 Å². The second kappa shape index (κ2) is 5.87. The number of ether oxygens (including phenoxy) is 1. The van der Waals surface area contributed by atoms with Crippen LogP contribution in [-0.2, 0) is 26.3 Å². The average Bonchev–Trinajstić information content (AvgIpc) is 2.85. The predicted octanol–water partition coefficient (Wildman–Crippen LogP) is 3.21. The Kier molecular flexibility index (Phi) is 3.69. The van der Waals surface area contributed by atoms with Crippen LogP contribution in [0.3, 0.4) is 0 Å². The first-order chi connectivity index (χ1) is 11.7. The van der Waals surface area contributed by atoms with Gasteiger partial charge in [0, 0.05) is 24.1 Å². The van der Waals surface area contributed by atoms with Gasteiger partial charge in [-0.05, 0) is 24.5 Å². The van der Waals surface area contributed by atoms with Gasteiger partial charge in [-0.3, -0.25) is 9.59 Å². The summed E-state index contributed by atoms with van der Waals surface area (Å²) in [6.45, 7) is 0. The molecule has 1 saturated heterocycles. The van der Waals surface area contributed by atoms with Crippen LogP contribution in [0.4, 0.5) is 5.69 Å². The molecule has 1 fully saturated rings. The number of ketones is 1. The Hall–Kier alpha value is -2.46. The summed E-state index contributed by atoms with van der Waals surface area (Å²) < 4.78 is 6.23. The molecule has 0 unspecified atom stereocenters. The lowest BCUT2D eigenvalue weighted by Crippen LogP contribution is -2.47. The number of para-hydroxylation sites is 1. The summed E-state index contributed by atoms with van der Waals surface area (Å²) in [5.74, 6) is -0.132. The zero-order valence-corrected chi connectivity index (χ0v) is 13.3. The van der Waals surface area contributed by atoms with E-state index in [4.69, 9.17) is 4.74 Å². The molecule has 122 valence electrons. The first-order valence-electron chi connectivity index (χ1n) is 8.32. The molecule has 0 saturated carbocycles. The summed E-state index contributed by atoms with van der Waals surface area (Å²) in [6, 6.07) is 17.6. The summed E-state index contributed by atoms with van der Waals surface area (Å²) in [4.78, 5) is 24.9. The highest BCUT2D eigenvalue weighted by Gasteiger charge is 2.53. The number of anilines is 1. The predicted molar refractivity (Wildman–Crippen MR) is 90.6 cm³/mol. The summed E-state index contributed by atoms with van der Waals surface area (Å²) in [5.41, 5.74) is 1.60. The molecule has 0 bridgehead atoms. The zero-order chi connectivity index (χ0) is 16.6. The highest BCUT2D eigenvalue weighted by atomic mass is 16.5. The van der Waals surface area contributed by atoms with Crippen LogP contribution in [0, 0.1) is 0 Å². The van der Waals surface area contributed by atoms with Crippen LogP contribution < -0.4 is 5.32 Å². The fraction of sp³-hybridized carbons (Fsp3) is 0.300. The van der Waals surface area contributed by atoms with Crippen LogP contribution >= 0.6 is 0 Å². The number of fused-ring (bicyclic) bond motifs is 2. The van der Waals surface area contributed by atoms with Crippen molar-refractivity contribution >= 4 is 17.4 Å². The molecule has 2 heterocycles. The van der Waals surface area contributed by atoms with Gasteiger partial charge in [0.2, 0.25) is 0 Å². The normalized spacial score (nSPS) is 25.6. The van der Waals surface area contributed by atoms with Crippen LogP contribution in [0.15, 0.2) is 54.6 Å². The van der Waals surface area contributed by atoms with Gasteiger partial charge in [0.15, 0.2) is 5.60 Å². The van der Waals surface area contributed by atoms with E-state index in [1.165, 1.54) is 5.56 Å². The second-order valence-electron chi connectivity index (χ2n) is 6.51. The largest absolute Gasteiger partial charge is 0.356 e. The van der Waals surface area contributed by atoms with Gasteiger partial charge >= 0.3 is 0 Å². The third kappa shape index (κ3) is 2.53. The molecule has 24 heavy (non-hydrogen) atoms. The zero-order valence-electron chi connectivity index (χ0n) is 13.3. The lowest BCUT2D eigenvalue weighted by atomic mass is 9.84. The molecular weight excluding hydrogens is 302 g/mol. The number of hydrogen-bond acceptors (Lipinski definition) is 3. The van der Waals surface area contributed by atoms with E-state index in [9.17, 15) is 9.59 Å². The van der Waals surface area contributed by atoms with Crippen molar-refractivity contribution in [3.63, 3.8) is 0 Å². The Morgan fingerprint density at radius 3 is 2.62 bits per heavy atom. The monoisotopic (exact) mass is 321 g/mol. The third-order valence-corrected chi connectivity index (χ3v) is 4.84. The van der Waals surface area contributed by atoms with E-state index in [2.05, 4.69) is 17.4 Å². The maximum atomic E-state index is 12.6. The summed E-state index contributed by atoms with van der Waals surface area (Å²) in [5, 5.41) is 2.86. The smallest absolute Gasteiger partial charge is 0.261 e. The Labute approximate surface area is 140 Å². The maximum absolute atomic E-state index is 12.6. The minimum absolute atomic E-state index is 0.0890. The van der Waals surface area contributed by atoms with Gasteiger partial charge in [-0.25, -0.2) is 0 Å². The molecule has 2 aliphatic rings. The van der Waals surface area contributed by atoms with Crippen LogP contribution in [0.2, 0.25) is 0 Å². The van der Waals surface area contributed by atoms with Crippen LogP contribution in [0.5, 0.6) is 0 Å². The number of nitrogens with one attached hydrogen (secondary N) is 1. The van der Waals surface area contributed by atoms with Crippen molar-refractivity contribution in [1.29, 1.82) is 0 Å². The molecule has 1 N–H and O–H groups in total. The minimum Gasteiger partial charge on any atom is -0.356 e. The van der Waals surface area contributed by atoms with Crippen molar-refractivity contribution in [2.75, 3.05) is 5.32 Å². The van der Waals surface area contributed by atoms with Gasteiger partial charge in [-0.15, -0.1) is 0 Å². The fourth-order valence-corrected chi connectivity index (χ4v) is 3.69. The first kappa shape index (κ1) is 15.1. The lowest BCUT2D eigenvalue weighted by molar-refractivity contribution is -0.170. The van der Waals surface area contributed by atoms with Gasteiger partial charge in [-0.1, -0.05) is 48.5 Å². The van der Waals surface area contributed by atoms with E-state index >= 15 is 0 Å². The molecule has 2 aromatic rings. The van der Waals surface area contributed by atoms with E-state index in [0.29, 0.717) is 6.42 Å². The van der Waals surface area contributed by atoms with Gasteiger partial charge in [-0.2, -0.15) is 0 Å². The summed E-state index contributed by atoms with van der Waals surface area (Å²) in [6.07, 6.45) is 1.83. The maximum Gasteiger partial charge on any atom is 0.261 e. The average molecular weight is 321 g/mol. The molecule has 2 aliphatic heterocycles. The molecule has 2 aromatic carbocycles. The van der Waals surface area contributed by atoms with E-state index in [1.807, 2.05) is 42.5 Å². The van der Waals surface area contributed by atoms with Crippen molar-refractivity contribution in [2.45, 2.75) is 37.4 Å². The molecule has 4 heteroatoms. The van der Waals surface area contributed by atoms with Crippen molar-refractivity contribution in [3.8, 4) is 0 Å². The lowest BCUT2D eigenvalue weighted by Gasteiger charge is -2.36. The molecule has 4 rings (SSSR count). The van der Waals surface area contributed by atoms with Crippen molar-refractivity contribution in [3.05, 3.63) is 65.7 Å². The van der Waals surface area contributed by atoms with E-state index < -0.39 is 5.60 Å². The summed E-state index contributed by atoms with van der Waals surface area (Å²) >= 11 is 0. The number of rotatable bonds is 3. The Bertz CT molecular complexity index is 786. The minimum atomic E-state index is -1.15. The number of aryl methyl sites for hydroxylation is 1. The van der Waals surface area contributed by atoms with E-state index in [1.54, 1.807) is 0 Å². The van der Waals surface area contributed by atoms with Crippen molar-refractivity contribution in [1.82, 2.24) is 0 Å². The SMILES string of the molecule is O=C1C[C@@H](CCc2ccccc2)O[C@@]2(C1)C(=O)Nc1ccccc12. The van der Waals surface area contributed by atoms with E-state index in [0.717, 1.165) is 24.1 Å². The number of benzene rings is 2. The topological polar surface area (TPSA) is 55.4 Å². The molecular formula is C20H19NO3. The molecule has 2 atom stereocenters. The number of amides is 1. The molecule has 0 radical (unpaired) electrons. The first-order valence-corrected chi connectivity index (χ1v) is 8.32. The highest BCUT2D eigenvalue weighted by molar-refractivity contribution is 6.07. The van der Waals surface area contributed by atoms with Crippen molar-refractivity contribution in [2.24, 2.45) is 0 Å². The number of carbonyl (C=O) groups is 2. The fourth-order valence-electron chi connectivity index (χ4n) is 3.69.